The van der Waals surface area contributed by atoms with Crippen LogP contribution in [0.25, 0.3) is 0 Å². The first-order valence-electron chi connectivity index (χ1n) is 2.30. The zero-order valence-electron chi connectivity index (χ0n) is 4.26. The van der Waals surface area contributed by atoms with E-state index in [4.69, 9.17) is 0 Å². The number of pyridine rings is 1. The molecule has 0 saturated heterocycles. The van der Waals surface area contributed by atoms with Gasteiger partial charge in [-0.2, -0.15) is 0 Å². The third kappa shape index (κ3) is 1.03. The molecular weight excluding hydrogens is 105 g/mol. The normalized spacial score (nSPS) is 9.12. The highest BCUT2D eigenvalue weighted by molar-refractivity contribution is 4.99. The predicted octanol–water partition coefficient (Wildman–Crippen LogP) is 1.35. The van der Waals surface area contributed by atoms with E-state index in [-0.39, 0.29) is 0 Å². The highest BCUT2D eigenvalue weighted by Crippen LogP contribution is 1.92. The largest absolute Gasteiger partial charge is 0.258 e. The van der Waals surface area contributed by atoms with E-state index < -0.39 is 6.67 Å². The van der Waals surface area contributed by atoms with Gasteiger partial charge in [-0.25, -0.2) is 4.39 Å². The van der Waals surface area contributed by atoms with Crippen molar-refractivity contribution in [2.75, 3.05) is 0 Å². The number of hydrogen-bond donors (Lipinski definition) is 0. The molecule has 1 nitrogen and oxygen atoms in total. The van der Waals surface area contributed by atoms with Crippen LogP contribution in [0.15, 0.2) is 18.3 Å². The molecule has 0 unspecified atom stereocenters. The van der Waals surface area contributed by atoms with E-state index >= 15 is 0 Å². The number of aromatic nitrogens is 1. The topological polar surface area (TPSA) is 12.9 Å². The first-order chi connectivity index (χ1) is 3.93. The van der Waals surface area contributed by atoms with Gasteiger partial charge < -0.3 is 0 Å². The second kappa shape index (κ2) is 2.40. The molecule has 0 aliphatic carbocycles. The lowest BCUT2D eigenvalue weighted by atomic mass is 10.4. The van der Waals surface area contributed by atoms with Gasteiger partial charge in [0.25, 0.3) is 0 Å². The van der Waals surface area contributed by atoms with Crippen molar-refractivity contribution in [3.63, 3.8) is 0 Å². The molecule has 0 spiro atoms. The second-order valence-corrected chi connectivity index (χ2v) is 1.38. The molecule has 0 aliphatic heterocycles. The number of rotatable bonds is 1. The Morgan fingerprint density at radius 2 is 2.62 bits per heavy atom. The molecule has 0 aliphatic rings. The fourth-order valence-electron chi connectivity index (χ4n) is 0.431. The summed E-state index contributed by atoms with van der Waals surface area (Å²) in [5.74, 6) is 0. The third-order valence-electron chi connectivity index (χ3n) is 0.798. The smallest absolute Gasteiger partial charge is 0.131 e. The van der Waals surface area contributed by atoms with Crippen LogP contribution >= 0.6 is 0 Å². The van der Waals surface area contributed by atoms with Crippen LogP contribution in [-0.2, 0) is 6.67 Å². The van der Waals surface area contributed by atoms with E-state index in [0.717, 1.165) is 0 Å². The molecule has 0 N–H and O–H groups in total. The molecule has 0 saturated carbocycles. The minimum absolute atomic E-state index is 0.438. The summed E-state index contributed by atoms with van der Waals surface area (Å²) in [7, 11) is 0. The molecule has 0 amide bonds. The SMILES string of the molecule is FCc1c[c]ccn1. The summed E-state index contributed by atoms with van der Waals surface area (Å²) in [6.45, 7) is -0.503. The molecule has 1 rings (SSSR count). The lowest BCUT2D eigenvalue weighted by Crippen LogP contribution is -1.80. The summed E-state index contributed by atoms with van der Waals surface area (Å²) < 4.78 is 11.6. The summed E-state index contributed by atoms with van der Waals surface area (Å²) in [4.78, 5) is 3.69. The van der Waals surface area contributed by atoms with Gasteiger partial charge in [0.2, 0.25) is 0 Å². The Hall–Kier alpha value is -0.920. The second-order valence-electron chi connectivity index (χ2n) is 1.38. The molecule has 0 atom stereocenters. The van der Waals surface area contributed by atoms with Crippen LogP contribution in [0.2, 0.25) is 0 Å². The number of halogens is 1. The van der Waals surface area contributed by atoms with Gasteiger partial charge in [0, 0.05) is 6.20 Å². The fourth-order valence-corrected chi connectivity index (χ4v) is 0.431. The average molecular weight is 110 g/mol. The Labute approximate surface area is 47.2 Å². The summed E-state index contributed by atoms with van der Waals surface area (Å²) >= 11 is 0. The summed E-state index contributed by atoms with van der Waals surface area (Å²) in [6, 6.07) is 5.88. The zero-order chi connectivity index (χ0) is 5.82. The van der Waals surface area contributed by atoms with E-state index in [1.165, 1.54) is 12.3 Å². The molecule has 0 fully saturated rings. The maximum atomic E-state index is 11.6. The maximum Gasteiger partial charge on any atom is 0.131 e. The van der Waals surface area contributed by atoms with Crippen molar-refractivity contribution >= 4 is 0 Å². The predicted molar refractivity (Wildman–Crippen MR) is 27.9 cm³/mol. The van der Waals surface area contributed by atoms with E-state index in [0.29, 0.717) is 5.69 Å². The molecular formula is C6H5FN. The highest BCUT2D eigenvalue weighted by atomic mass is 19.1. The number of hydrogen-bond acceptors (Lipinski definition) is 1. The van der Waals surface area contributed by atoms with E-state index in [1.807, 2.05) is 0 Å². The first kappa shape index (κ1) is 5.22. The van der Waals surface area contributed by atoms with Crippen molar-refractivity contribution in [1.82, 2.24) is 4.98 Å². The third-order valence-corrected chi connectivity index (χ3v) is 0.798. The molecule has 1 radical (unpaired) electrons. The number of alkyl halides is 1. The fraction of sp³-hybridized carbons (Fsp3) is 0.167. The van der Waals surface area contributed by atoms with Crippen LogP contribution in [0.4, 0.5) is 4.39 Å². The van der Waals surface area contributed by atoms with Gasteiger partial charge in [0.05, 0.1) is 5.69 Å². The maximum absolute atomic E-state index is 11.6. The van der Waals surface area contributed by atoms with Crippen LogP contribution in [-0.4, -0.2) is 4.98 Å². The van der Waals surface area contributed by atoms with Gasteiger partial charge in [0.1, 0.15) is 6.67 Å². The quantitative estimate of drug-likeness (QED) is 0.531. The van der Waals surface area contributed by atoms with Gasteiger partial charge >= 0.3 is 0 Å². The molecule has 2 heteroatoms. The van der Waals surface area contributed by atoms with Gasteiger partial charge in [-0.3, -0.25) is 4.98 Å². The monoisotopic (exact) mass is 110 g/mol. The van der Waals surface area contributed by atoms with Crippen LogP contribution in [0.5, 0.6) is 0 Å². The first-order valence-corrected chi connectivity index (χ1v) is 2.30. The Morgan fingerprint density at radius 1 is 1.75 bits per heavy atom. The molecule has 1 aromatic heterocycles. The van der Waals surface area contributed by atoms with Crippen molar-refractivity contribution in [3.8, 4) is 0 Å². The summed E-state index contributed by atoms with van der Waals surface area (Å²) in [5, 5.41) is 0. The van der Waals surface area contributed by atoms with Crippen molar-refractivity contribution < 1.29 is 4.39 Å². The standard InChI is InChI=1S/C6H5FN/c7-5-6-3-1-2-4-8-6/h2-4H,5H2. The van der Waals surface area contributed by atoms with Crippen LogP contribution in [0.1, 0.15) is 5.69 Å². The van der Waals surface area contributed by atoms with Crippen LogP contribution in [0.3, 0.4) is 0 Å². The van der Waals surface area contributed by atoms with Crippen LogP contribution < -0.4 is 0 Å². The Kier molecular flexibility index (Phi) is 1.57. The van der Waals surface area contributed by atoms with E-state index in [1.54, 1.807) is 6.07 Å². The van der Waals surface area contributed by atoms with E-state index in [9.17, 15) is 4.39 Å². The zero-order valence-corrected chi connectivity index (χ0v) is 4.26. The molecule has 1 aromatic rings. The van der Waals surface area contributed by atoms with Gasteiger partial charge in [-0.1, -0.05) is 0 Å². The Balaban J connectivity index is 2.83. The minimum atomic E-state index is -0.503. The molecule has 1 heterocycles. The average Bonchev–Trinajstić information content (AvgIpc) is 1.90. The van der Waals surface area contributed by atoms with Gasteiger partial charge in [0.15, 0.2) is 0 Å². The lowest BCUT2D eigenvalue weighted by Gasteiger charge is -1.86. The molecule has 0 aromatic carbocycles. The van der Waals surface area contributed by atoms with Gasteiger partial charge in [-0.15, -0.1) is 0 Å². The number of nitrogens with zero attached hydrogens (tertiary/aromatic N) is 1. The molecule has 0 bridgehead atoms. The Morgan fingerprint density at radius 3 is 3.00 bits per heavy atom. The summed E-state index contributed by atoms with van der Waals surface area (Å²) in [5.41, 5.74) is 0.438. The highest BCUT2D eigenvalue weighted by Gasteiger charge is 1.85. The van der Waals surface area contributed by atoms with E-state index in [2.05, 4.69) is 11.1 Å². The lowest BCUT2D eigenvalue weighted by molar-refractivity contribution is 0.476. The summed E-state index contributed by atoms with van der Waals surface area (Å²) in [6.07, 6.45) is 1.52. The van der Waals surface area contributed by atoms with Crippen molar-refractivity contribution in [1.29, 1.82) is 0 Å². The van der Waals surface area contributed by atoms with Gasteiger partial charge in [-0.05, 0) is 18.2 Å². The van der Waals surface area contributed by atoms with Crippen molar-refractivity contribution in [3.05, 3.63) is 30.1 Å². The Bertz CT molecular complexity index is 150. The van der Waals surface area contributed by atoms with Crippen molar-refractivity contribution in [2.24, 2.45) is 0 Å². The van der Waals surface area contributed by atoms with Crippen LogP contribution in [0, 0.1) is 6.07 Å². The molecule has 41 valence electrons. The van der Waals surface area contributed by atoms with Crippen molar-refractivity contribution in [2.45, 2.75) is 6.67 Å². The molecule has 8 heavy (non-hydrogen) atoms. The minimum Gasteiger partial charge on any atom is -0.258 e.